The molecule has 0 spiro atoms. The first-order valence-electron chi connectivity index (χ1n) is 6.57. The maximum absolute atomic E-state index is 10.0. The zero-order valence-corrected chi connectivity index (χ0v) is 13.4. The molecule has 0 heterocycles. The number of quaternary nitrogens is 1. The van der Waals surface area contributed by atoms with Crippen LogP contribution >= 0.6 is 0 Å². The predicted octanol–water partition coefficient (Wildman–Crippen LogP) is -1.14. The Morgan fingerprint density at radius 2 is 1.89 bits per heavy atom. The van der Waals surface area contributed by atoms with Crippen LogP contribution in [0.4, 0.5) is 0 Å². The number of hydroxylamine groups is 2. The summed E-state index contributed by atoms with van der Waals surface area (Å²) < 4.78 is 0. The van der Waals surface area contributed by atoms with Gasteiger partial charge in [-0.25, -0.2) is 0 Å². The van der Waals surface area contributed by atoms with E-state index in [2.05, 4.69) is 6.92 Å². The van der Waals surface area contributed by atoms with E-state index in [1.807, 2.05) is 50.3 Å². The van der Waals surface area contributed by atoms with Gasteiger partial charge in [0.15, 0.2) is 6.26 Å². The van der Waals surface area contributed by atoms with Crippen molar-refractivity contribution < 1.29 is 32.0 Å². The predicted molar refractivity (Wildman–Crippen MR) is 73.5 cm³/mol. The van der Waals surface area contributed by atoms with Gasteiger partial charge in [0.2, 0.25) is 6.23 Å². The van der Waals surface area contributed by atoms with Gasteiger partial charge in [-0.15, -0.1) is 5.06 Å². The fourth-order valence-corrected chi connectivity index (χ4v) is 1.66. The molecule has 3 nitrogen and oxygen atoms in total. The van der Waals surface area contributed by atoms with Crippen LogP contribution in [0.3, 0.4) is 0 Å². The summed E-state index contributed by atoms with van der Waals surface area (Å²) in [5, 5.41) is 10.8. The van der Waals surface area contributed by atoms with Gasteiger partial charge < -0.3 is 26.9 Å². The van der Waals surface area contributed by atoms with E-state index in [-0.39, 0.29) is 22.9 Å². The highest BCUT2D eigenvalue weighted by Gasteiger charge is 2.23. The largest absolute Gasteiger partial charge is 1.00 e. The number of benzene rings is 1. The Balaban J connectivity index is 0.00000324. The first-order valence-corrected chi connectivity index (χ1v) is 6.57. The molecule has 0 aliphatic carbocycles. The van der Waals surface area contributed by atoms with E-state index in [9.17, 15) is 5.11 Å². The minimum absolute atomic E-state index is 0. The minimum atomic E-state index is -0.495. The third-order valence-electron chi connectivity index (χ3n) is 2.74. The van der Waals surface area contributed by atoms with Crippen molar-refractivity contribution in [1.29, 1.82) is 0 Å². The van der Waals surface area contributed by atoms with Crippen LogP contribution in [-0.2, 0) is 4.84 Å². The maximum Gasteiger partial charge on any atom is 0.229 e. The van der Waals surface area contributed by atoms with E-state index in [1.165, 1.54) is 0 Å². The van der Waals surface area contributed by atoms with Gasteiger partial charge in [-0.3, -0.25) is 0 Å². The highest BCUT2D eigenvalue weighted by Crippen LogP contribution is 2.00. The summed E-state index contributed by atoms with van der Waals surface area (Å²) in [6, 6.07) is 9.98. The van der Waals surface area contributed by atoms with Crippen LogP contribution in [0.1, 0.15) is 32.8 Å². The van der Waals surface area contributed by atoms with Gasteiger partial charge in [-0.2, -0.15) is 0 Å². The van der Waals surface area contributed by atoms with Gasteiger partial charge in [0.1, 0.15) is 6.54 Å². The van der Waals surface area contributed by atoms with Crippen molar-refractivity contribution in [2.24, 2.45) is 5.92 Å². The van der Waals surface area contributed by atoms with Gasteiger partial charge in [0.05, 0.1) is 0 Å². The van der Waals surface area contributed by atoms with Crippen molar-refractivity contribution in [2.75, 3.05) is 6.54 Å². The summed E-state index contributed by atoms with van der Waals surface area (Å²) in [5.74, 6) is 0.177. The third-order valence-corrected chi connectivity index (χ3v) is 2.74. The topological polar surface area (TPSA) is 33.9 Å². The van der Waals surface area contributed by atoms with E-state index in [0.29, 0.717) is 0 Å². The van der Waals surface area contributed by atoms with Crippen LogP contribution in [0.2, 0.25) is 0 Å². The second kappa shape index (κ2) is 10.0. The fourth-order valence-electron chi connectivity index (χ4n) is 1.66. The van der Waals surface area contributed by atoms with Gasteiger partial charge in [0.25, 0.3) is 0 Å². The van der Waals surface area contributed by atoms with Crippen molar-refractivity contribution in [2.45, 2.75) is 33.4 Å². The molecule has 0 aromatic heterocycles. The average Bonchev–Trinajstić information content (AvgIpc) is 2.38. The highest BCUT2D eigenvalue weighted by molar-refractivity contribution is 5.47. The number of nitrogens with one attached hydrogen (secondary N) is 1. The average molecular weight is 330 g/mol. The molecule has 2 atom stereocenters. The number of hydrogen-bond donors (Lipinski definition) is 2. The van der Waals surface area contributed by atoms with Crippen molar-refractivity contribution in [3.8, 4) is 0 Å². The Labute approximate surface area is 126 Å². The van der Waals surface area contributed by atoms with Crippen LogP contribution in [-0.4, -0.2) is 17.9 Å². The number of aliphatic hydroxyl groups is 1. The van der Waals surface area contributed by atoms with Crippen LogP contribution in [0.15, 0.2) is 36.6 Å². The Hall–Kier alpha value is -0.840. The molecule has 2 unspecified atom stereocenters. The molecule has 0 amide bonds. The van der Waals surface area contributed by atoms with Crippen LogP contribution < -0.4 is 22.0 Å². The normalized spacial score (nSPS) is 14.2. The standard InChI is InChI=1S/C15H23NO2.BrH/c1-4-11-16(15(17)13(2)3)18-12-10-14-8-6-5-7-9-14;/h5-10,12-13,15,17H,4,11H2,1-3H3;1H/b12-10+;. The molecule has 0 bridgehead atoms. The molecule has 1 aromatic rings. The number of aliphatic hydroxyl groups excluding tert-OH is 1. The minimum Gasteiger partial charge on any atom is -1.00 e. The van der Waals surface area contributed by atoms with Crippen molar-refractivity contribution >= 4 is 6.08 Å². The molecular formula is C15H24BrNO2. The number of hydrogen-bond acceptors (Lipinski definition) is 2. The van der Waals surface area contributed by atoms with Gasteiger partial charge >= 0.3 is 0 Å². The Morgan fingerprint density at radius 3 is 2.42 bits per heavy atom. The van der Waals surface area contributed by atoms with Crippen LogP contribution in [0.25, 0.3) is 6.08 Å². The summed E-state index contributed by atoms with van der Waals surface area (Å²) in [6.45, 7) is 6.85. The molecule has 0 fully saturated rings. The molecule has 0 aliphatic rings. The molecule has 108 valence electrons. The van der Waals surface area contributed by atoms with Crippen molar-refractivity contribution in [3.05, 3.63) is 42.2 Å². The van der Waals surface area contributed by atoms with Gasteiger partial charge in [0, 0.05) is 5.92 Å². The molecular weight excluding hydrogens is 306 g/mol. The summed E-state index contributed by atoms with van der Waals surface area (Å²) >= 11 is 0. The second-order valence-electron chi connectivity index (χ2n) is 4.74. The summed E-state index contributed by atoms with van der Waals surface area (Å²) in [6.07, 6.45) is 4.04. The number of halogens is 1. The Morgan fingerprint density at radius 1 is 1.26 bits per heavy atom. The smallest absolute Gasteiger partial charge is 0.229 e. The fraction of sp³-hybridized carbons (Fsp3) is 0.467. The Bertz CT molecular complexity index is 354. The van der Waals surface area contributed by atoms with E-state index in [4.69, 9.17) is 4.84 Å². The molecule has 1 rings (SSSR count). The first-order chi connectivity index (χ1) is 8.65. The molecule has 2 N–H and O–H groups in total. The molecule has 0 saturated heterocycles. The van der Waals surface area contributed by atoms with E-state index in [0.717, 1.165) is 23.6 Å². The zero-order chi connectivity index (χ0) is 13.4. The lowest BCUT2D eigenvalue weighted by molar-refractivity contribution is -1.12. The highest BCUT2D eigenvalue weighted by atomic mass is 79.9. The SMILES string of the molecule is CCC[NH+](O/C=C/c1ccccc1)C(O)C(C)C.[Br-]. The summed E-state index contributed by atoms with van der Waals surface area (Å²) in [7, 11) is 0. The molecule has 0 saturated carbocycles. The van der Waals surface area contributed by atoms with Crippen molar-refractivity contribution in [3.63, 3.8) is 0 Å². The quantitative estimate of drug-likeness (QED) is 0.377. The lowest BCUT2D eigenvalue weighted by Crippen LogP contribution is -3.15. The van der Waals surface area contributed by atoms with E-state index in [1.54, 1.807) is 6.26 Å². The van der Waals surface area contributed by atoms with E-state index < -0.39 is 6.23 Å². The first kappa shape index (κ1) is 18.2. The molecule has 4 heteroatoms. The molecule has 19 heavy (non-hydrogen) atoms. The monoisotopic (exact) mass is 329 g/mol. The third kappa shape index (κ3) is 6.76. The van der Waals surface area contributed by atoms with E-state index >= 15 is 0 Å². The van der Waals surface area contributed by atoms with Gasteiger partial charge in [-0.05, 0) is 18.1 Å². The molecule has 0 radical (unpaired) electrons. The lowest BCUT2D eigenvalue weighted by Gasteiger charge is -2.23. The summed E-state index contributed by atoms with van der Waals surface area (Å²) in [5.41, 5.74) is 1.09. The van der Waals surface area contributed by atoms with Crippen LogP contribution in [0, 0.1) is 5.92 Å². The van der Waals surface area contributed by atoms with Gasteiger partial charge in [-0.1, -0.05) is 51.1 Å². The zero-order valence-electron chi connectivity index (χ0n) is 11.8. The maximum atomic E-state index is 10.0. The summed E-state index contributed by atoms with van der Waals surface area (Å²) in [4.78, 5) is 5.60. The van der Waals surface area contributed by atoms with Crippen LogP contribution in [0.5, 0.6) is 0 Å². The molecule has 0 aliphatic heterocycles. The Kier molecular flexibility index (Phi) is 9.57. The number of rotatable bonds is 7. The second-order valence-corrected chi connectivity index (χ2v) is 4.74. The molecule has 1 aromatic carbocycles. The van der Waals surface area contributed by atoms with Crippen molar-refractivity contribution in [1.82, 2.24) is 0 Å². The lowest BCUT2D eigenvalue weighted by atomic mass is 10.2.